The molecule has 21 heavy (non-hydrogen) atoms. The number of amides is 1. The molecule has 4 N–H and O–H groups in total. The lowest BCUT2D eigenvalue weighted by molar-refractivity contribution is 0.0954. The maximum atomic E-state index is 11.9. The Hall–Kier alpha value is -2.24. The lowest BCUT2D eigenvalue weighted by atomic mass is 10.2. The van der Waals surface area contributed by atoms with Crippen molar-refractivity contribution in [3.05, 3.63) is 29.8 Å². The lowest BCUT2D eigenvalue weighted by Crippen LogP contribution is -2.38. The van der Waals surface area contributed by atoms with Gasteiger partial charge in [0.05, 0.1) is 7.11 Å². The predicted octanol–water partition coefficient (Wildman–Crippen LogP) is 1.13. The standard InChI is InChI=1S/C15H24N4O2/c1-3-4-8-18-15(16)19-10-9-17-14(20)12-6-5-7-13(11-12)21-2/h5-7,11H,3-4,8-10H2,1-2H3,(H,17,20)(H3,16,18,19). The number of carbonyl (C=O) groups excluding carboxylic acids is 1. The Labute approximate surface area is 125 Å². The summed E-state index contributed by atoms with van der Waals surface area (Å²) in [5, 5.41) is 5.76. The highest BCUT2D eigenvalue weighted by Gasteiger charge is 2.05. The molecule has 0 aliphatic heterocycles. The first-order valence-electron chi connectivity index (χ1n) is 7.13. The zero-order valence-electron chi connectivity index (χ0n) is 12.7. The summed E-state index contributed by atoms with van der Waals surface area (Å²) in [6.07, 6.45) is 2.11. The molecule has 6 nitrogen and oxygen atoms in total. The van der Waals surface area contributed by atoms with Crippen molar-refractivity contribution in [1.29, 1.82) is 0 Å². The summed E-state index contributed by atoms with van der Waals surface area (Å²) in [6, 6.07) is 7.02. The number of rotatable bonds is 8. The number of ether oxygens (including phenoxy) is 1. The lowest BCUT2D eigenvalue weighted by Gasteiger charge is -2.08. The number of nitrogens with one attached hydrogen (secondary N) is 2. The third kappa shape index (κ3) is 6.65. The summed E-state index contributed by atoms with van der Waals surface area (Å²) in [5.74, 6) is 0.935. The van der Waals surface area contributed by atoms with Crippen LogP contribution in [0.15, 0.2) is 29.3 Å². The molecule has 0 saturated heterocycles. The fourth-order valence-corrected chi connectivity index (χ4v) is 1.65. The van der Waals surface area contributed by atoms with Crippen molar-refractivity contribution in [3.63, 3.8) is 0 Å². The molecule has 6 heteroatoms. The molecule has 1 rings (SSSR count). The van der Waals surface area contributed by atoms with Crippen LogP contribution in [0, 0.1) is 0 Å². The van der Waals surface area contributed by atoms with Crippen LogP contribution in [0.4, 0.5) is 0 Å². The maximum absolute atomic E-state index is 11.9. The summed E-state index contributed by atoms with van der Waals surface area (Å²) in [7, 11) is 1.57. The summed E-state index contributed by atoms with van der Waals surface area (Å²) < 4.78 is 5.08. The Kier molecular flexibility index (Phi) is 7.71. The number of methoxy groups -OCH3 is 1. The van der Waals surface area contributed by atoms with Gasteiger partial charge < -0.3 is 21.1 Å². The van der Waals surface area contributed by atoms with Crippen LogP contribution < -0.4 is 21.1 Å². The van der Waals surface area contributed by atoms with Crippen LogP contribution in [0.2, 0.25) is 0 Å². The van der Waals surface area contributed by atoms with Crippen LogP contribution in [0.25, 0.3) is 0 Å². The SMILES string of the molecule is CCCCN=C(N)NCCNC(=O)c1cccc(OC)c1. The molecule has 0 unspecified atom stereocenters. The first kappa shape index (κ1) is 16.8. The molecule has 1 amide bonds. The molecule has 1 aromatic carbocycles. The van der Waals surface area contributed by atoms with Crippen molar-refractivity contribution in [3.8, 4) is 5.75 Å². The van der Waals surface area contributed by atoms with Gasteiger partial charge in [-0.1, -0.05) is 19.4 Å². The molecule has 0 fully saturated rings. The van der Waals surface area contributed by atoms with Gasteiger partial charge in [0.2, 0.25) is 0 Å². The number of unbranched alkanes of at least 4 members (excludes halogenated alkanes) is 1. The Morgan fingerprint density at radius 2 is 2.10 bits per heavy atom. The first-order valence-corrected chi connectivity index (χ1v) is 7.13. The fraction of sp³-hybridized carbons (Fsp3) is 0.467. The Bertz CT molecular complexity index is 474. The largest absolute Gasteiger partial charge is 0.497 e. The molecule has 0 aromatic heterocycles. The second-order valence-electron chi connectivity index (χ2n) is 4.54. The van der Waals surface area contributed by atoms with E-state index in [9.17, 15) is 4.79 Å². The van der Waals surface area contributed by atoms with Gasteiger partial charge in [0.1, 0.15) is 5.75 Å². The van der Waals surface area contributed by atoms with Crippen molar-refractivity contribution < 1.29 is 9.53 Å². The van der Waals surface area contributed by atoms with Crippen LogP contribution in [0.5, 0.6) is 5.75 Å². The van der Waals surface area contributed by atoms with Crippen LogP contribution in [0.1, 0.15) is 30.1 Å². The van der Waals surface area contributed by atoms with Crippen molar-refractivity contribution >= 4 is 11.9 Å². The van der Waals surface area contributed by atoms with E-state index in [-0.39, 0.29) is 5.91 Å². The Morgan fingerprint density at radius 1 is 1.33 bits per heavy atom. The van der Waals surface area contributed by atoms with Gasteiger partial charge in [-0.2, -0.15) is 0 Å². The number of guanidine groups is 1. The van der Waals surface area contributed by atoms with Crippen LogP contribution >= 0.6 is 0 Å². The molecule has 116 valence electrons. The average molecular weight is 292 g/mol. The molecule has 0 heterocycles. The quantitative estimate of drug-likeness (QED) is 0.381. The van der Waals surface area contributed by atoms with E-state index in [1.165, 1.54) is 0 Å². The van der Waals surface area contributed by atoms with Crippen molar-refractivity contribution in [2.24, 2.45) is 10.7 Å². The van der Waals surface area contributed by atoms with Gasteiger partial charge in [-0.15, -0.1) is 0 Å². The van der Waals surface area contributed by atoms with E-state index in [0.717, 1.165) is 19.4 Å². The zero-order valence-corrected chi connectivity index (χ0v) is 12.7. The van der Waals surface area contributed by atoms with Gasteiger partial charge in [0.15, 0.2) is 5.96 Å². The average Bonchev–Trinajstić information content (AvgIpc) is 2.51. The van der Waals surface area contributed by atoms with Crippen LogP contribution in [0.3, 0.4) is 0 Å². The van der Waals surface area contributed by atoms with Crippen LogP contribution in [-0.4, -0.2) is 38.6 Å². The highest BCUT2D eigenvalue weighted by Crippen LogP contribution is 2.11. The molecule has 0 aliphatic rings. The predicted molar refractivity (Wildman–Crippen MR) is 84.7 cm³/mol. The van der Waals surface area contributed by atoms with E-state index in [0.29, 0.717) is 30.4 Å². The third-order valence-corrected chi connectivity index (χ3v) is 2.84. The molecule has 0 aliphatic carbocycles. The minimum Gasteiger partial charge on any atom is -0.497 e. The summed E-state index contributed by atoms with van der Waals surface area (Å²) in [5.41, 5.74) is 6.26. The summed E-state index contributed by atoms with van der Waals surface area (Å²) in [6.45, 7) is 3.84. The monoisotopic (exact) mass is 292 g/mol. The molecule has 0 atom stereocenters. The highest BCUT2D eigenvalue weighted by molar-refractivity contribution is 5.94. The normalized spacial score (nSPS) is 11.0. The Morgan fingerprint density at radius 3 is 2.81 bits per heavy atom. The minimum absolute atomic E-state index is 0.141. The van der Waals surface area contributed by atoms with E-state index in [2.05, 4.69) is 22.5 Å². The van der Waals surface area contributed by atoms with E-state index in [1.807, 2.05) is 0 Å². The van der Waals surface area contributed by atoms with Crippen LogP contribution in [-0.2, 0) is 0 Å². The number of hydrogen-bond acceptors (Lipinski definition) is 3. The maximum Gasteiger partial charge on any atom is 0.251 e. The van der Waals surface area contributed by atoms with Gasteiger partial charge in [-0.3, -0.25) is 9.79 Å². The fourth-order valence-electron chi connectivity index (χ4n) is 1.65. The number of carbonyl (C=O) groups is 1. The molecule has 0 bridgehead atoms. The van der Waals surface area contributed by atoms with Gasteiger partial charge in [-0.05, 0) is 24.6 Å². The number of hydrogen-bond donors (Lipinski definition) is 3. The topological polar surface area (TPSA) is 88.7 Å². The summed E-state index contributed by atoms with van der Waals surface area (Å²) >= 11 is 0. The molecule has 0 saturated carbocycles. The molecule has 1 aromatic rings. The second kappa shape index (κ2) is 9.63. The number of nitrogens with zero attached hydrogens (tertiary/aromatic N) is 1. The van der Waals surface area contributed by atoms with E-state index >= 15 is 0 Å². The molecule has 0 radical (unpaired) electrons. The molecular weight excluding hydrogens is 268 g/mol. The van der Waals surface area contributed by atoms with Crippen molar-refractivity contribution in [1.82, 2.24) is 10.6 Å². The molecular formula is C15H24N4O2. The van der Waals surface area contributed by atoms with E-state index in [1.54, 1.807) is 31.4 Å². The molecule has 0 spiro atoms. The smallest absolute Gasteiger partial charge is 0.251 e. The zero-order chi connectivity index (χ0) is 15.5. The van der Waals surface area contributed by atoms with Gasteiger partial charge in [0, 0.05) is 25.2 Å². The number of aliphatic imine (C=N–C) groups is 1. The van der Waals surface area contributed by atoms with Crippen molar-refractivity contribution in [2.75, 3.05) is 26.7 Å². The first-order chi connectivity index (χ1) is 10.2. The second-order valence-corrected chi connectivity index (χ2v) is 4.54. The number of nitrogens with two attached hydrogens (primary N) is 1. The third-order valence-electron chi connectivity index (χ3n) is 2.84. The highest BCUT2D eigenvalue weighted by atomic mass is 16.5. The number of benzene rings is 1. The van der Waals surface area contributed by atoms with E-state index < -0.39 is 0 Å². The van der Waals surface area contributed by atoms with Gasteiger partial charge in [-0.25, -0.2) is 0 Å². The van der Waals surface area contributed by atoms with Gasteiger partial charge in [0.25, 0.3) is 5.91 Å². The van der Waals surface area contributed by atoms with E-state index in [4.69, 9.17) is 10.5 Å². The van der Waals surface area contributed by atoms with Gasteiger partial charge >= 0.3 is 0 Å². The Balaban J connectivity index is 2.28. The minimum atomic E-state index is -0.141. The van der Waals surface area contributed by atoms with Crippen molar-refractivity contribution in [2.45, 2.75) is 19.8 Å². The summed E-state index contributed by atoms with van der Waals surface area (Å²) in [4.78, 5) is 16.1.